The van der Waals surface area contributed by atoms with Crippen LogP contribution in [0.25, 0.3) is 0 Å². The first kappa shape index (κ1) is 20.4. The number of piperazine rings is 1. The van der Waals surface area contributed by atoms with Crippen molar-refractivity contribution in [2.75, 3.05) is 50.0 Å². The topological polar surface area (TPSA) is 86.8 Å². The maximum atomic E-state index is 12.6. The fourth-order valence-corrected chi connectivity index (χ4v) is 4.90. The van der Waals surface area contributed by atoms with Crippen molar-refractivity contribution in [3.8, 4) is 0 Å². The summed E-state index contributed by atoms with van der Waals surface area (Å²) in [5.74, 6) is -0.110. The highest BCUT2D eigenvalue weighted by Crippen LogP contribution is 2.38. The minimum absolute atomic E-state index is 0.0529. The molecule has 27 heavy (non-hydrogen) atoms. The lowest BCUT2D eigenvalue weighted by Crippen LogP contribution is -2.50. The highest BCUT2D eigenvalue weighted by molar-refractivity contribution is 8.01. The fraction of sp³-hybridized carbons (Fsp3) is 0.529. The molecule has 148 valence electrons. The molecule has 1 aromatic carbocycles. The highest BCUT2D eigenvalue weighted by atomic mass is 35.5. The van der Waals surface area contributed by atoms with E-state index in [9.17, 15) is 18.0 Å². The number of rotatable bonds is 5. The normalized spacial score (nSPS) is 20.9. The van der Waals surface area contributed by atoms with Crippen LogP contribution < -0.4 is 5.32 Å². The second kappa shape index (κ2) is 8.38. The molecule has 1 unspecified atom stereocenters. The number of halogens is 1. The van der Waals surface area contributed by atoms with Crippen LogP contribution in [0.3, 0.4) is 0 Å². The van der Waals surface area contributed by atoms with Crippen molar-refractivity contribution >= 4 is 50.7 Å². The summed E-state index contributed by atoms with van der Waals surface area (Å²) in [7, 11) is -2.98. The number of benzene rings is 1. The molecule has 1 fully saturated rings. The van der Waals surface area contributed by atoms with Gasteiger partial charge in [-0.05, 0) is 18.2 Å². The molecule has 0 bridgehead atoms. The van der Waals surface area contributed by atoms with E-state index in [0.717, 1.165) is 4.90 Å². The van der Waals surface area contributed by atoms with E-state index < -0.39 is 15.1 Å². The molecule has 0 radical (unpaired) electrons. The molecule has 2 aliphatic rings. The lowest BCUT2D eigenvalue weighted by Gasteiger charge is -2.35. The molecular formula is C17H22ClN3O4S2. The van der Waals surface area contributed by atoms with Crippen molar-refractivity contribution in [2.45, 2.75) is 16.6 Å². The van der Waals surface area contributed by atoms with Gasteiger partial charge in [0.1, 0.15) is 9.84 Å². The van der Waals surface area contributed by atoms with Gasteiger partial charge < -0.3 is 10.2 Å². The number of anilines is 1. The van der Waals surface area contributed by atoms with Crippen LogP contribution in [-0.2, 0) is 19.4 Å². The predicted octanol–water partition coefficient (Wildman–Crippen LogP) is 1.33. The Bertz CT molecular complexity index is 839. The number of thioether (sulfide) groups is 1. The predicted molar refractivity (Wildman–Crippen MR) is 107 cm³/mol. The largest absolute Gasteiger partial charge is 0.340 e. The molecule has 0 aliphatic carbocycles. The van der Waals surface area contributed by atoms with E-state index in [1.807, 2.05) is 11.0 Å². The molecule has 0 saturated carbocycles. The minimum atomic E-state index is -2.98. The van der Waals surface area contributed by atoms with Gasteiger partial charge in [0.2, 0.25) is 11.8 Å². The van der Waals surface area contributed by atoms with Crippen molar-refractivity contribution in [3.05, 3.63) is 23.2 Å². The molecule has 2 aliphatic heterocycles. The third kappa shape index (κ3) is 5.60. The Balaban J connectivity index is 1.51. The van der Waals surface area contributed by atoms with Crippen LogP contribution >= 0.6 is 23.4 Å². The Morgan fingerprint density at radius 3 is 2.67 bits per heavy atom. The molecule has 10 heteroatoms. The Kier molecular flexibility index (Phi) is 6.35. The van der Waals surface area contributed by atoms with Crippen molar-refractivity contribution in [1.29, 1.82) is 0 Å². The number of sulfone groups is 1. The Hall–Kier alpha value is -1.29. The van der Waals surface area contributed by atoms with E-state index in [4.69, 9.17) is 11.6 Å². The zero-order valence-corrected chi connectivity index (χ0v) is 17.4. The highest BCUT2D eigenvalue weighted by Gasteiger charge is 2.31. The zero-order valence-electron chi connectivity index (χ0n) is 15.0. The summed E-state index contributed by atoms with van der Waals surface area (Å²) in [5.41, 5.74) is 0.681. The monoisotopic (exact) mass is 431 g/mol. The number of amides is 2. The first-order chi connectivity index (χ1) is 12.7. The summed E-state index contributed by atoms with van der Waals surface area (Å²) in [6.45, 7) is 2.88. The second-order valence-corrected chi connectivity index (χ2v) is 10.7. The van der Waals surface area contributed by atoms with Crippen LogP contribution in [0.1, 0.15) is 6.42 Å². The van der Waals surface area contributed by atoms with Crippen LogP contribution in [0.15, 0.2) is 23.1 Å². The minimum Gasteiger partial charge on any atom is -0.340 e. The van der Waals surface area contributed by atoms with Gasteiger partial charge in [0.25, 0.3) is 0 Å². The molecule has 0 spiro atoms. The molecule has 2 heterocycles. The summed E-state index contributed by atoms with van der Waals surface area (Å²) in [5, 5.41) is 2.91. The van der Waals surface area contributed by atoms with Crippen LogP contribution in [0.4, 0.5) is 5.69 Å². The fourth-order valence-electron chi connectivity index (χ4n) is 3.06. The first-order valence-corrected chi connectivity index (χ1v) is 12.0. The third-order valence-corrected chi connectivity index (χ3v) is 7.06. The molecule has 1 aromatic rings. The van der Waals surface area contributed by atoms with Crippen molar-refractivity contribution in [3.63, 3.8) is 0 Å². The van der Waals surface area contributed by atoms with Gasteiger partial charge in [0.05, 0.1) is 16.7 Å². The van der Waals surface area contributed by atoms with E-state index in [0.29, 0.717) is 43.4 Å². The SMILES string of the molecule is CS(=O)(=O)CCN1CCN(C(=O)CC2Sc3ccc(Cl)cc3NC2=O)CC1. The number of hydrogen-bond donors (Lipinski definition) is 1. The molecule has 2 amide bonds. The summed E-state index contributed by atoms with van der Waals surface area (Å²) in [4.78, 5) is 29.6. The molecule has 1 N–H and O–H groups in total. The number of carbonyl (C=O) groups is 2. The van der Waals surface area contributed by atoms with E-state index >= 15 is 0 Å². The number of nitrogens with one attached hydrogen (secondary N) is 1. The molecule has 1 atom stereocenters. The smallest absolute Gasteiger partial charge is 0.238 e. The van der Waals surface area contributed by atoms with Gasteiger partial charge in [0, 0.05) is 55.3 Å². The Labute approximate surface area is 168 Å². The molecule has 3 rings (SSSR count). The van der Waals surface area contributed by atoms with Crippen molar-refractivity contribution < 1.29 is 18.0 Å². The Morgan fingerprint density at radius 2 is 2.00 bits per heavy atom. The second-order valence-electron chi connectivity index (χ2n) is 6.79. The van der Waals surface area contributed by atoms with Crippen LogP contribution in [0.5, 0.6) is 0 Å². The van der Waals surface area contributed by atoms with Gasteiger partial charge in [-0.25, -0.2) is 8.42 Å². The van der Waals surface area contributed by atoms with Crippen molar-refractivity contribution in [2.24, 2.45) is 0 Å². The van der Waals surface area contributed by atoms with Crippen molar-refractivity contribution in [1.82, 2.24) is 9.80 Å². The molecule has 7 nitrogen and oxygen atoms in total. The van der Waals surface area contributed by atoms with Gasteiger partial charge in [-0.2, -0.15) is 0 Å². The zero-order chi connectivity index (χ0) is 19.6. The lowest BCUT2D eigenvalue weighted by atomic mass is 10.2. The van der Waals surface area contributed by atoms with E-state index in [-0.39, 0.29) is 24.0 Å². The molecular weight excluding hydrogens is 410 g/mol. The number of carbonyl (C=O) groups excluding carboxylic acids is 2. The van der Waals surface area contributed by atoms with Gasteiger partial charge in [-0.1, -0.05) is 11.6 Å². The average molecular weight is 432 g/mol. The number of nitrogens with zero attached hydrogens (tertiary/aromatic N) is 2. The maximum Gasteiger partial charge on any atom is 0.238 e. The number of fused-ring (bicyclic) bond motifs is 1. The van der Waals surface area contributed by atoms with Gasteiger partial charge >= 0.3 is 0 Å². The van der Waals surface area contributed by atoms with Crippen LogP contribution in [-0.4, -0.2) is 80.0 Å². The van der Waals surface area contributed by atoms with E-state index in [2.05, 4.69) is 5.32 Å². The molecule has 1 saturated heterocycles. The van der Waals surface area contributed by atoms with Crippen LogP contribution in [0, 0.1) is 0 Å². The summed E-state index contributed by atoms with van der Waals surface area (Å²) in [6, 6.07) is 5.31. The molecule has 0 aromatic heterocycles. The quantitative estimate of drug-likeness (QED) is 0.756. The maximum absolute atomic E-state index is 12.6. The lowest BCUT2D eigenvalue weighted by molar-refractivity contribution is -0.134. The average Bonchev–Trinajstić information content (AvgIpc) is 2.60. The summed E-state index contributed by atoms with van der Waals surface area (Å²) in [6.07, 6.45) is 1.37. The van der Waals surface area contributed by atoms with E-state index in [1.54, 1.807) is 17.0 Å². The van der Waals surface area contributed by atoms with Gasteiger partial charge in [-0.15, -0.1) is 11.8 Å². The summed E-state index contributed by atoms with van der Waals surface area (Å²) < 4.78 is 22.5. The third-order valence-electron chi connectivity index (χ3n) is 4.62. The number of hydrogen-bond acceptors (Lipinski definition) is 6. The summed E-state index contributed by atoms with van der Waals surface area (Å²) >= 11 is 7.33. The standard InChI is InChI=1S/C17H22ClN3O4S2/c1-27(24,25)9-8-20-4-6-21(7-5-20)16(22)11-15-17(23)19-13-10-12(18)2-3-14(13)26-15/h2-3,10,15H,4-9,11H2,1H3,(H,19,23). The Morgan fingerprint density at radius 1 is 1.30 bits per heavy atom. The van der Waals surface area contributed by atoms with Crippen LogP contribution in [0.2, 0.25) is 5.02 Å². The van der Waals surface area contributed by atoms with E-state index in [1.165, 1.54) is 18.0 Å². The van der Waals surface area contributed by atoms with Gasteiger partial charge in [0.15, 0.2) is 0 Å². The van der Waals surface area contributed by atoms with Gasteiger partial charge in [-0.3, -0.25) is 14.5 Å². The first-order valence-electron chi connectivity index (χ1n) is 8.66.